The van der Waals surface area contributed by atoms with Crippen LogP contribution in [0.3, 0.4) is 0 Å². The predicted octanol–water partition coefficient (Wildman–Crippen LogP) is -1.03. The summed E-state index contributed by atoms with van der Waals surface area (Å²) in [4.78, 5) is 10.7. The van der Waals surface area contributed by atoms with E-state index in [1.807, 2.05) is 0 Å². The first kappa shape index (κ1) is 11.1. The summed E-state index contributed by atoms with van der Waals surface area (Å²) in [6.45, 7) is 1.92. The van der Waals surface area contributed by atoms with Gasteiger partial charge < -0.3 is 5.73 Å². The number of allylic oxidation sites excluding steroid dienone is 1. The second-order valence-electron chi connectivity index (χ2n) is 2.08. The van der Waals surface area contributed by atoms with Crippen LogP contribution in [-0.4, -0.2) is 26.5 Å². The summed E-state index contributed by atoms with van der Waals surface area (Å²) in [6, 6.07) is 0. The highest BCUT2D eigenvalue weighted by atomic mass is 32.2. The number of ketones is 1. The number of carbonyl (C=O) groups is 1. The topological polar surface area (TPSA) is 89.3 Å². The van der Waals surface area contributed by atoms with E-state index in [2.05, 4.69) is 4.72 Å². The van der Waals surface area contributed by atoms with Crippen molar-refractivity contribution in [1.82, 2.24) is 4.72 Å². The molecule has 0 spiro atoms. The molecule has 0 atom stereocenters. The molecule has 0 fully saturated rings. The molecule has 0 unspecified atom stereocenters. The Morgan fingerprint density at radius 3 is 2.58 bits per heavy atom. The van der Waals surface area contributed by atoms with Crippen LogP contribution >= 0.6 is 0 Å². The van der Waals surface area contributed by atoms with E-state index in [-0.39, 0.29) is 6.54 Å². The fraction of sp³-hybridized carbons (Fsp3) is 0.500. The molecule has 0 rings (SSSR count). The van der Waals surface area contributed by atoms with Crippen molar-refractivity contribution in [2.24, 2.45) is 5.73 Å². The van der Waals surface area contributed by atoms with Crippen LogP contribution in [0.25, 0.3) is 0 Å². The highest BCUT2D eigenvalue weighted by molar-refractivity contribution is 7.90. The minimum absolute atomic E-state index is 0.280. The summed E-state index contributed by atoms with van der Waals surface area (Å²) in [5.41, 5.74) is 4.91. The maximum Gasteiger partial charge on any atom is 0.219 e. The van der Waals surface area contributed by atoms with Gasteiger partial charge in [0.2, 0.25) is 10.0 Å². The number of hydrogen-bond acceptors (Lipinski definition) is 4. The summed E-state index contributed by atoms with van der Waals surface area (Å²) in [6.07, 6.45) is 2.04. The standard InChI is InChI=1S/C6H12N2O3S/c1-2-8-12(10,11)5-6(9)3-4-7/h3-4,8H,2,5,7H2,1H3. The van der Waals surface area contributed by atoms with E-state index in [1.54, 1.807) is 6.92 Å². The smallest absolute Gasteiger partial charge is 0.219 e. The molecule has 70 valence electrons. The molecule has 0 aliphatic heterocycles. The first-order chi connectivity index (χ1) is 5.52. The number of carbonyl (C=O) groups excluding carboxylic acids is 1. The Bertz CT molecular complexity index is 269. The van der Waals surface area contributed by atoms with Crippen molar-refractivity contribution >= 4 is 15.8 Å². The lowest BCUT2D eigenvalue weighted by atomic mass is 10.4. The second kappa shape index (κ2) is 4.89. The maximum absolute atomic E-state index is 10.9. The van der Waals surface area contributed by atoms with Crippen LogP contribution in [0.1, 0.15) is 6.92 Å². The summed E-state index contributed by atoms with van der Waals surface area (Å²) < 4.78 is 24.0. The Labute approximate surface area is 71.7 Å². The van der Waals surface area contributed by atoms with Crippen molar-refractivity contribution < 1.29 is 13.2 Å². The molecule has 0 aromatic heterocycles. The molecule has 6 heteroatoms. The van der Waals surface area contributed by atoms with E-state index in [4.69, 9.17) is 5.73 Å². The average molecular weight is 192 g/mol. The number of nitrogens with one attached hydrogen (secondary N) is 1. The summed E-state index contributed by atoms with van der Waals surface area (Å²) >= 11 is 0. The van der Waals surface area contributed by atoms with Gasteiger partial charge in [0.1, 0.15) is 5.75 Å². The molecule has 0 saturated heterocycles. The number of nitrogens with two attached hydrogens (primary N) is 1. The van der Waals surface area contributed by atoms with Gasteiger partial charge in [-0.15, -0.1) is 0 Å². The molecule has 0 aliphatic carbocycles. The fourth-order valence-electron chi connectivity index (χ4n) is 0.614. The second-order valence-corrected chi connectivity index (χ2v) is 3.89. The molecule has 0 heterocycles. The van der Waals surface area contributed by atoms with Gasteiger partial charge in [-0.05, 0) is 12.3 Å². The zero-order chi connectivity index (χ0) is 9.61. The van der Waals surface area contributed by atoms with Crippen molar-refractivity contribution in [3.8, 4) is 0 Å². The van der Waals surface area contributed by atoms with Gasteiger partial charge in [0.15, 0.2) is 5.78 Å². The van der Waals surface area contributed by atoms with Gasteiger partial charge >= 0.3 is 0 Å². The molecule has 3 N–H and O–H groups in total. The van der Waals surface area contributed by atoms with Gasteiger partial charge in [-0.3, -0.25) is 4.79 Å². The Morgan fingerprint density at radius 1 is 1.58 bits per heavy atom. The van der Waals surface area contributed by atoms with Gasteiger partial charge in [0.05, 0.1) is 0 Å². The summed E-state index contributed by atoms with van der Waals surface area (Å²) in [7, 11) is -3.46. The number of sulfonamides is 1. The quantitative estimate of drug-likeness (QED) is 0.545. The summed E-state index contributed by atoms with van der Waals surface area (Å²) in [5, 5.41) is 0. The Hall–Kier alpha value is -0.880. The van der Waals surface area contributed by atoms with E-state index >= 15 is 0 Å². The lowest BCUT2D eigenvalue weighted by Gasteiger charge is -1.99. The van der Waals surface area contributed by atoms with Crippen LogP contribution in [0.5, 0.6) is 0 Å². The zero-order valence-corrected chi connectivity index (χ0v) is 7.60. The molecule has 12 heavy (non-hydrogen) atoms. The van der Waals surface area contributed by atoms with Gasteiger partial charge in [0, 0.05) is 6.54 Å². The van der Waals surface area contributed by atoms with E-state index in [0.29, 0.717) is 0 Å². The molecule has 0 aliphatic rings. The lowest BCUT2D eigenvalue weighted by molar-refractivity contribution is -0.112. The van der Waals surface area contributed by atoms with Crippen LogP contribution < -0.4 is 10.5 Å². The monoisotopic (exact) mass is 192 g/mol. The van der Waals surface area contributed by atoms with Crippen LogP contribution in [0.15, 0.2) is 12.3 Å². The molecular formula is C6H12N2O3S. The molecule has 5 nitrogen and oxygen atoms in total. The average Bonchev–Trinajstić information content (AvgIpc) is 1.85. The van der Waals surface area contributed by atoms with Crippen molar-refractivity contribution in [2.45, 2.75) is 6.92 Å². The highest BCUT2D eigenvalue weighted by Gasteiger charge is 2.12. The zero-order valence-electron chi connectivity index (χ0n) is 6.78. The SMILES string of the molecule is CCNS(=O)(=O)CC(=O)C=CN. The number of rotatable bonds is 5. The Balaban J connectivity index is 4.16. The molecule has 0 aromatic rings. The third-order valence-electron chi connectivity index (χ3n) is 0.979. The first-order valence-electron chi connectivity index (χ1n) is 3.40. The van der Waals surface area contributed by atoms with Crippen LogP contribution in [0.4, 0.5) is 0 Å². The van der Waals surface area contributed by atoms with E-state index in [9.17, 15) is 13.2 Å². The molecule has 0 saturated carbocycles. The summed E-state index contributed by atoms with van der Waals surface area (Å²) in [5.74, 6) is -1.08. The molecular weight excluding hydrogens is 180 g/mol. The van der Waals surface area contributed by atoms with Crippen molar-refractivity contribution in [2.75, 3.05) is 12.3 Å². The van der Waals surface area contributed by atoms with Gasteiger partial charge in [-0.2, -0.15) is 0 Å². The van der Waals surface area contributed by atoms with Gasteiger partial charge in [-0.1, -0.05) is 6.92 Å². The van der Waals surface area contributed by atoms with E-state index < -0.39 is 21.6 Å². The first-order valence-corrected chi connectivity index (χ1v) is 5.05. The minimum Gasteiger partial charge on any atom is -0.404 e. The molecule has 0 amide bonds. The molecule has 0 aromatic carbocycles. The van der Waals surface area contributed by atoms with Gasteiger partial charge in [0.25, 0.3) is 0 Å². The third kappa shape index (κ3) is 4.86. The fourth-order valence-corrected chi connectivity index (χ4v) is 1.63. The molecule has 0 radical (unpaired) electrons. The van der Waals surface area contributed by atoms with Crippen LogP contribution in [-0.2, 0) is 14.8 Å². The number of hydrogen-bond donors (Lipinski definition) is 2. The van der Waals surface area contributed by atoms with Crippen molar-refractivity contribution in [3.05, 3.63) is 12.3 Å². The van der Waals surface area contributed by atoms with E-state index in [1.165, 1.54) is 0 Å². The third-order valence-corrected chi connectivity index (χ3v) is 2.37. The maximum atomic E-state index is 10.9. The predicted molar refractivity (Wildman–Crippen MR) is 45.8 cm³/mol. The van der Waals surface area contributed by atoms with Gasteiger partial charge in [-0.25, -0.2) is 13.1 Å². The van der Waals surface area contributed by atoms with E-state index in [0.717, 1.165) is 12.3 Å². The Morgan fingerprint density at radius 2 is 2.17 bits per heavy atom. The van der Waals surface area contributed by atoms with Crippen LogP contribution in [0, 0.1) is 0 Å². The van der Waals surface area contributed by atoms with Crippen molar-refractivity contribution in [3.63, 3.8) is 0 Å². The largest absolute Gasteiger partial charge is 0.404 e. The van der Waals surface area contributed by atoms with Crippen LogP contribution in [0.2, 0.25) is 0 Å². The molecule has 0 bridgehead atoms. The lowest BCUT2D eigenvalue weighted by Crippen LogP contribution is -2.29. The van der Waals surface area contributed by atoms with Crippen molar-refractivity contribution in [1.29, 1.82) is 0 Å². The normalized spacial score (nSPS) is 12.1. The highest BCUT2D eigenvalue weighted by Crippen LogP contribution is 1.86. The minimum atomic E-state index is -3.46. The Kier molecular flexibility index (Phi) is 4.53.